The van der Waals surface area contributed by atoms with Crippen LogP contribution < -0.4 is 31.7 Å². The molecule has 3 heterocycles. The number of hydrogen-bond acceptors (Lipinski definition) is 10. The van der Waals surface area contributed by atoms with Crippen LogP contribution in [0.4, 0.5) is 0 Å². The molecule has 3 aromatic carbocycles. The predicted molar refractivity (Wildman–Crippen MR) is 296 cm³/mol. The van der Waals surface area contributed by atoms with Gasteiger partial charge < -0.3 is 42.0 Å². The van der Waals surface area contributed by atoms with Crippen molar-refractivity contribution in [1.29, 1.82) is 0 Å². The number of piperidine rings is 1. The van der Waals surface area contributed by atoms with Gasteiger partial charge in [-0.1, -0.05) is 97.8 Å². The van der Waals surface area contributed by atoms with Gasteiger partial charge in [0.15, 0.2) is 17.3 Å². The van der Waals surface area contributed by atoms with Gasteiger partial charge >= 0.3 is 0 Å². The van der Waals surface area contributed by atoms with Gasteiger partial charge in [0.2, 0.25) is 0 Å². The number of dihydropyridines is 1. The molecule has 10 nitrogen and oxygen atoms in total. The van der Waals surface area contributed by atoms with Crippen LogP contribution in [-0.2, 0) is 35.3 Å². The number of ether oxygens (including phenoxy) is 1. The van der Waals surface area contributed by atoms with E-state index in [2.05, 4.69) is 106 Å². The summed E-state index contributed by atoms with van der Waals surface area (Å²) in [7, 11) is 1.52. The average Bonchev–Trinajstić information content (AvgIpc) is 3.99. The van der Waals surface area contributed by atoms with E-state index in [9.17, 15) is 19.8 Å². The number of benzene rings is 3. The van der Waals surface area contributed by atoms with E-state index in [0.29, 0.717) is 66.8 Å². The molecule has 4 fully saturated rings. The Kier molecular flexibility index (Phi) is 16.6. The first-order valence-corrected chi connectivity index (χ1v) is 28.3. The number of nitrogens with two attached hydrogens (primary N) is 1. The number of nitrogens with one attached hydrogen (secondary N) is 4. The number of hydrogen-bond donors (Lipinski definition) is 7. The number of aromatic hydroxyl groups is 1. The summed E-state index contributed by atoms with van der Waals surface area (Å²) >= 11 is 0. The number of aliphatic hydroxyl groups excluding tert-OH is 1. The molecule has 1 spiro atoms. The van der Waals surface area contributed by atoms with Crippen molar-refractivity contribution >= 4 is 17.6 Å². The molecule has 4 aliphatic carbocycles. The monoisotopic (exact) mass is 1000 g/mol. The maximum atomic E-state index is 14.2. The molecule has 11 atom stereocenters. The number of aryl methyl sites for hydroxylation is 3. The summed E-state index contributed by atoms with van der Waals surface area (Å²) in [5.74, 6) is 3.05. The Hall–Kier alpha value is -5.10. The number of allylic oxidation sites excluding steroid dienone is 5. The Morgan fingerprint density at radius 3 is 2.53 bits per heavy atom. The molecule has 0 aromatic heterocycles. The molecule has 8 N–H and O–H groups in total. The largest absolute Gasteiger partial charge is 0.504 e. The Balaban J connectivity index is 0.824. The first-order valence-electron chi connectivity index (χ1n) is 28.3. The van der Waals surface area contributed by atoms with E-state index in [1.807, 2.05) is 13.1 Å². The summed E-state index contributed by atoms with van der Waals surface area (Å²) in [6, 6.07) is 23.8. The summed E-state index contributed by atoms with van der Waals surface area (Å²) < 4.78 is 5.55. The highest BCUT2D eigenvalue weighted by molar-refractivity contribution is 6.06. The van der Waals surface area contributed by atoms with Crippen molar-refractivity contribution in [3.63, 3.8) is 0 Å². The zero-order chi connectivity index (χ0) is 51.2. The Labute approximate surface area is 440 Å². The van der Waals surface area contributed by atoms with Crippen LogP contribution in [0.3, 0.4) is 0 Å². The van der Waals surface area contributed by atoms with Crippen LogP contribution in [0.1, 0.15) is 112 Å². The summed E-state index contributed by atoms with van der Waals surface area (Å²) in [6.07, 6.45) is 31.3. The predicted octanol–water partition coefficient (Wildman–Crippen LogP) is 9.25. The number of carbonyl (C=O) groups is 2. The number of carbonyl (C=O) groups excluding carboxylic acids is 2. The molecule has 0 radical (unpaired) electrons. The minimum atomic E-state index is -0.411. The second kappa shape index (κ2) is 23.4. The molecule has 394 valence electrons. The number of fused-ring (bicyclic) bond motifs is 4. The van der Waals surface area contributed by atoms with Crippen molar-refractivity contribution in [1.82, 2.24) is 21.3 Å². The zero-order valence-electron chi connectivity index (χ0n) is 44.1. The second-order valence-electron chi connectivity index (χ2n) is 23.7. The van der Waals surface area contributed by atoms with Crippen LogP contribution in [0, 0.1) is 46.3 Å². The highest BCUT2D eigenvalue weighted by atomic mass is 16.5. The van der Waals surface area contributed by atoms with E-state index in [1.54, 1.807) is 18.2 Å². The fourth-order valence-corrected chi connectivity index (χ4v) is 15.6. The maximum Gasteiger partial charge on any atom is 0.163 e. The zero-order valence-corrected chi connectivity index (χ0v) is 44.1. The highest BCUT2D eigenvalue weighted by Crippen LogP contribution is 2.68. The third-order valence-electron chi connectivity index (χ3n) is 18.8. The van der Waals surface area contributed by atoms with Crippen molar-refractivity contribution in [2.75, 3.05) is 33.3 Å². The quantitative estimate of drug-likeness (QED) is 0.0331. The smallest absolute Gasteiger partial charge is 0.163 e. The molecule has 11 unspecified atom stereocenters. The lowest BCUT2D eigenvalue weighted by Crippen LogP contribution is -2.57. The lowest BCUT2D eigenvalue weighted by atomic mass is 9.53. The van der Waals surface area contributed by atoms with Gasteiger partial charge in [0, 0.05) is 37.8 Å². The molecular weight excluding hydrogens is 919 g/mol. The van der Waals surface area contributed by atoms with E-state index in [4.69, 9.17) is 10.5 Å². The molecule has 3 saturated carbocycles. The molecule has 0 bridgehead atoms. The van der Waals surface area contributed by atoms with E-state index in [0.717, 1.165) is 86.9 Å². The number of phenolic OH excluding ortho intramolecular Hbond substituents is 1. The lowest BCUT2D eigenvalue weighted by molar-refractivity contribution is -0.125. The molecular formula is C64H83N5O5. The standard InChI is InChI=1S/C64H83N5O5/c1-42(70)39-68-60-38-63(37-56-55-23-27-66-40-52(55)30-49-14-9-26-67-62(49)56)36-46(18-22-59(63)64(60)24-6-7-25-64)29-54(72)35-53(71)21-20-47-33-58(74-2)57(73)32-50(47)31-51-41-69-61(65)34-48(51)19-17-45-13-8-12-44(28-45)16-15-43-10-4-3-5-11-43/h3-5,8-14,18,20-22,28,32-34,41-42,46,49,52,55-56,59-62,66-70,73H,6-7,15-17,19,23-27,29-31,35-40,65H2,1-2H3. The molecule has 7 aliphatic rings. The van der Waals surface area contributed by atoms with Gasteiger partial charge in [-0.15, -0.1) is 0 Å². The Morgan fingerprint density at radius 1 is 0.946 bits per heavy atom. The first kappa shape index (κ1) is 52.3. The van der Waals surface area contributed by atoms with Crippen molar-refractivity contribution in [3.05, 3.63) is 148 Å². The van der Waals surface area contributed by atoms with E-state index < -0.39 is 6.10 Å². The molecule has 3 aliphatic heterocycles. The summed E-state index contributed by atoms with van der Waals surface area (Å²) in [6.45, 7) is 5.61. The number of ketones is 2. The first-order chi connectivity index (χ1) is 36.0. The average molecular weight is 1000 g/mol. The number of Topliss-reactive ketones (excluding diaryl/α,β-unsaturated/α-hetero) is 1. The summed E-state index contributed by atoms with van der Waals surface area (Å²) in [5.41, 5.74) is 14.3. The van der Waals surface area contributed by atoms with E-state index >= 15 is 0 Å². The Morgan fingerprint density at radius 2 is 1.73 bits per heavy atom. The van der Waals surface area contributed by atoms with Gasteiger partial charge in [0.25, 0.3) is 0 Å². The van der Waals surface area contributed by atoms with E-state index in [1.165, 1.54) is 68.4 Å². The normalized spacial score (nSPS) is 30.2. The van der Waals surface area contributed by atoms with Crippen molar-refractivity contribution in [2.45, 2.75) is 134 Å². The molecule has 10 heteroatoms. The van der Waals surface area contributed by atoms with Gasteiger partial charge in [0.05, 0.1) is 25.8 Å². The van der Waals surface area contributed by atoms with Gasteiger partial charge in [-0.25, -0.2) is 0 Å². The third-order valence-corrected chi connectivity index (χ3v) is 18.8. The number of methoxy groups -OCH3 is 1. The van der Waals surface area contributed by atoms with Crippen LogP contribution in [-0.4, -0.2) is 79.4 Å². The molecule has 3 aromatic rings. The highest BCUT2D eigenvalue weighted by Gasteiger charge is 2.63. The van der Waals surface area contributed by atoms with Crippen LogP contribution in [0.25, 0.3) is 6.08 Å². The van der Waals surface area contributed by atoms with Crippen molar-refractivity contribution < 1.29 is 24.5 Å². The molecule has 0 amide bonds. The van der Waals surface area contributed by atoms with E-state index in [-0.39, 0.29) is 46.7 Å². The van der Waals surface area contributed by atoms with Crippen molar-refractivity contribution in [3.8, 4) is 11.5 Å². The maximum absolute atomic E-state index is 14.2. The van der Waals surface area contributed by atoms with Gasteiger partial charge in [-0.2, -0.15) is 0 Å². The number of rotatable bonds is 20. The topological polar surface area (TPSA) is 158 Å². The molecule has 10 rings (SSSR count). The van der Waals surface area contributed by atoms with Crippen LogP contribution in [0.5, 0.6) is 11.5 Å². The van der Waals surface area contributed by atoms with Gasteiger partial charge in [-0.3, -0.25) is 9.59 Å². The summed E-state index contributed by atoms with van der Waals surface area (Å²) in [5, 5.41) is 36.6. The van der Waals surface area contributed by atoms with Crippen molar-refractivity contribution in [2.24, 2.45) is 52.1 Å². The fourth-order valence-electron chi connectivity index (χ4n) is 15.6. The van der Waals surface area contributed by atoms with Crippen LogP contribution in [0.2, 0.25) is 0 Å². The Bertz CT molecular complexity index is 2610. The molecule has 74 heavy (non-hydrogen) atoms. The minimum Gasteiger partial charge on any atom is -0.504 e. The summed E-state index contributed by atoms with van der Waals surface area (Å²) in [4.78, 5) is 28.0. The fraction of sp³-hybridized carbons (Fsp3) is 0.531. The van der Waals surface area contributed by atoms with Gasteiger partial charge in [0.1, 0.15) is 5.78 Å². The van der Waals surface area contributed by atoms with Gasteiger partial charge in [-0.05, 0) is 207 Å². The lowest BCUT2D eigenvalue weighted by Gasteiger charge is -2.54. The van der Waals surface area contributed by atoms with Crippen LogP contribution in [0.15, 0.2) is 121 Å². The minimum absolute atomic E-state index is 0.0229. The SMILES string of the molecule is COc1cc(C=CC(=O)CC(=O)CC2C=CC3C(CC4C5CCNCC5CC5C=CCNC54)(C2)CC(NCC(C)O)C32CCCC2)c(CC2=CNC(N)C=C2CCc2cccc(CCc3ccccc3)c2)cc1O. The molecule has 1 saturated heterocycles. The number of phenols is 1. The van der Waals surface area contributed by atoms with Crippen LogP contribution >= 0.6 is 0 Å². The third kappa shape index (κ3) is 11.8. The second-order valence-corrected chi connectivity index (χ2v) is 23.7. The number of aliphatic hydroxyl groups is 1.